The van der Waals surface area contributed by atoms with E-state index in [4.69, 9.17) is 4.74 Å². The molecule has 2 atom stereocenters. The first-order valence-corrected chi connectivity index (χ1v) is 7.68. The first-order valence-electron chi connectivity index (χ1n) is 7.68. The topological polar surface area (TPSA) is 21.3 Å². The van der Waals surface area contributed by atoms with Crippen LogP contribution in [0.3, 0.4) is 0 Å². The fourth-order valence-electron chi connectivity index (χ4n) is 4.48. The smallest absolute Gasteiger partial charge is 0.0665 e. The van der Waals surface area contributed by atoms with Gasteiger partial charge in [0.2, 0.25) is 0 Å². The van der Waals surface area contributed by atoms with Crippen LogP contribution in [0.25, 0.3) is 0 Å². The molecule has 0 aliphatic heterocycles. The summed E-state index contributed by atoms with van der Waals surface area (Å²) in [5.74, 6) is 0. The van der Waals surface area contributed by atoms with E-state index in [1.165, 1.54) is 64.2 Å². The SMILES string of the molecule is CNC1CC(OC2CCCC2)C12CCCCC2. The summed E-state index contributed by atoms with van der Waals surface area (Å²) < 4.78 is 6.43. The lowest BCUT2D eigenvalue weighted by atomic mass is 9.55. The van der Waals surface area contributed by atoms with E-state index in [2.05, 4.69) is 12.4 Å². The minimum atomic E-state index is 0.510. The van der Waals surface area contributed by atoms with E-state index >= 15 is 0 Å². The Morgan fingerprint density at radius 2 is 1.71 bits per heavy atom. The fraction of sp³-hybridized carbons (Fsp3) is 1.00. The van der Waals surface area contributed by atoms with Gasteiger partial charge in [0.05, 0.1) is 12.2 Å². The highest BCUT2D eigenvalue weighted by molar-refractivity contribution is 5.08. The van der Waals surface area contributed by atoms with E-state index in [0.717, 1.165) is 6.04 Å². The molecule has 3 saturated carbocycles. The zero-order chi connectivity index (χ0) is 11.7. The van der Waals surface area contributed by atoms with Gasteiger partial charge in [-0.25, -0.2) is 0 Å². The maximum Gasteiger partial charge on any atom is 0.0665 e. The van der Waals surface area contributed by atoms with Gasteiger partial charge in [-0.15, -0.1) is 0 Å². The first-order chi connectivity index (χ1) is 8.35. The van der Waals surface area contributed by atoms with Crippen LogP contribution in [0.5, 0.6) is 0 Å². The number of ether oxygens (including phenoxy) is 1. The normalized spacial score (nSPS) is 37.2. The van der Waals surface area contributed by atoms with Crippen molar-refractivity contribution in [3.05, 3.63) is 0 Å². The minimum Gasteiger partial charge on any atom is -0.374 e. The predicted octanol–water partition coefficient (Wildman–Crippen LogP) is 3.26. The van der Waals surface area contributed by atoms with Crippen molar-refractivity contribution in [2.45, 2.75) is 82.5 Å². The summed E-state index contributed by atoms with van der Waals surface area (Å²) in [7, 11) is 2.13. The van der Waals surface area contributed by atoms with Crippen LogP contribution in [0.15, 0.2) is 0 Å². The third kappa shape index (κ3) is 2.04. The van der Waals surface area contributed by atoms with Gasteiger partial charge < -0.3 is 10.1 Å². The molecule has 2 unspecified atom stereocenters. The van der Waals surface area contributed by atoms with Crippen molar-refractivity contribution in [1.29, 1.82) is 0 Å². The molecule has 0 aromatic carbocycles. The van der Waals surface area contributed by atoms with E-state index in [1.54, 1.807) is 0 Å². The molecule has 3 fully saturated rings. The summed E-state index contributed by atoms with van der Waals surface area (Å²) in [6.45, 7) is 0. The van der Waals surface area contributed by atoms with E-state index < -0.39 is 0 Å². The number of rotatable bonds is 3. The van der Waals surface area contributed by atoms with Gasteiger partial charge in [-0.2, -0.15) is 0 Å². The molecule has 0 amide bonds. The molecule has 3 aliphatic rings. The molecular formula is C15H27NO. The molecular weight excluding hydrogens is 210 g/mol. The number of hydrogen-bond acceptors (Lipinski definition) is 2. The van der Waals surface area contributed by atoms with E-state index in [9.17, 15) is 0 Å². The molecule has 0 aromatic rings. The van der Waals surface area contributed by atoms with Gasteiger partial charge in [0.25, 0.3) is 0 Å². The van der Waals surface area contributed by atoms with Gasteiger partial charge >= 0.3 is 0 Å². The first kappa shape index (κ1) is 12.0. The van der Waals surface area contributed by atoms with Crippen molar-refractivity contribution in [2.75, 3.05) is 7.05 Å². The molecule has 2 nitrogen and oxygen atoms in total. The third-order valence-electron chi connectivity index (χ3n) is 5.58. The van der Waals surface area contributed by atoms with Crippen LogP contribution < -0.4 is 5.32 Å². The molecule has 1 spiro atoms. The average Bonchev–Trinajstić information content (AvgIpc) is 2.88. The molecule has 0 heterocycles. The number of hydrogen-bond donors (Lipinski definition) is 1. The van der Waals surface area contributed by atoms with Crippen molar-refractivity contribution in [1.82, 2.24) is 5.32 Å². The van der Waals surface area contributed by atoms with Crippen LogP contribution >= 0.6 is 0 Å². The highest BCUT2D eigenvalue weighted by Crippen LogP contribution is 2.53. The van der Waals surface area contributed by atoms with Crippen molar-refractivity contribution in [3.8, 4) is 0 Å². The fourth-order valence-corrected chi connectivity index (χ4v) is 4.48. The van der Waals surface area contributed by atoms with Crippen LogP contribution in [0.1, 0.15) is 64.2 Å². The van der Waals surface area contributed by atoms with Gasteiger partial charge in [0, 0.05) is 11.5 Å². The quantitative estimate of drug-likeness (QED) is 0.813. The second kappa shape index (κ2) is 4.89. The van der Waals surface area contributed by atoms with Gasteiger partial charge in [0.15, 0.2) is 0 Å². The zero-order valence-corrected chi connectivity index (χ0v) is 11.2. The lowest BCUT2D eigenvalue weighted by molar-refractivity contribution is -0.173. The van der Waals surface area contributed by atoms with Gasteiger partial charge in [-0.3, -0.25) is 0 Å². The molecule has 1 N–H and O–H groups in total. The van der Waals surface area contributed by atoms with E-state index in [0.29, 0.717) is 17.6 Å². The lowest BCUT2D eigenvalue weighted by Crippen LogP contribution is -2.64. The number of nitrogens with one attached hydrogen (secondary N) is 1. The largest absolute Gasteiger partial charge is 0.374 e. The Balaban J connectivity index is 1.63. The Labute approximate surface area is 105 Å². The van der Waals surface area contributed by atoms with Gasteiger partial charge in [-0.1, -0.05) is 32.1 Å². The predicted molar refractivity (Wildman–Crippen MR) is 70.1 cm³/mol. The molecule has 3 aliphatic carbocycles. The van der Waals surface area contributed by atoms with Crippen LogP contribution in [0.4, 0.5) is 0 Å². The van der Waals surface area contributed by atoms with Crippen molar-refractivity contribution in [2.24, 2.45) is 5.41 Å². The molecule has 0 radical (unpaired) electrons. The molecule has 0 aromatic heterocycles. The highest BCUT2D eigenvalue weighted by Gasteiger charge is 2.55. The van der Waals surface area contributed by atoms with Gasteiger partial charge in [0.1, 0.15) is 0 Å². The summed E-state index contributed by atoms with van der Waals surface area (Å²) in [5, 5.41) is 3.54. The molecule has 3 rings (SSSR count). The van der Waals surface area contributed by atoms with Crippen molar-refractivity contribution < 1.29 is 4.74 Å². The van der Waals surface area contributed by atoms with Crippen molar-refractivity contribution >= 4 is 0 Å². The second-order valence-electron chi connectivity index (χ2n) is 6.40. The average molecular weight is 237 g/mol. The maximum atomic E-state index is 6.43. The maximum absolute atomic E-state index is 6.43. The van der Waals surface area contributed by atoms with Crippen LogP contribution in [0.2, 0.25) is 0 Å². The Hall–Kier alpha value is -0.0800. The van der Waals surface area contributed by atoms with Crippen LogP contribution in [-0.2, 0) is 4.74 Å². The van der Waals surface area contributed by atoms with E-state index in [1.807, 2.05) is 0 Å². The lowest BCUT2D eigenvalue weighted by Gasteiger charge is -2.58. The van der Waals surface area contributed by atoms with Crippen LogP contribution in [-0.4, -0.2) is 25.3 Å². The molecule has 0 bridgehead atoms. The second-order valence-corrected chi connectivity index (χ2v) is 6.40. The van der Waals surface area contributed by atoms with Gasteiger partial charge in [-0.05, 0) is 39.2 Å². The minimum absolute atomic E-state index is 0.510. The summed E-state index contributed by atoms with van der Waals surface area (Å²) in [5.41, 5.74) is 0.510. The van der Waals surface area contributed by atoms with E-state index in [-0.39, 0.29) is 0 Å². The monoisotopic (exact) mass is 237 g/mol. The molecule has 2 heteroatoms. The Morgan fingerprint density at radius 3 is 2.35 bits per heavy atom. The standard InChI is InChI=1S/C15H27NO/c1-16-13-11-14(17-12-7-3-4-8-12)15(13)9-5-2-6-10-15/h12-14,16H,2-11H2,1H3. The summed E-state index contributed by atoms with van der Waals surface area (Å²) >= 11 is 0. The van der Waals surface area contributed by atoms with Crippen molar-refractivity contribution in [3.63, 3.8) is 0 Å². The third-order valence-corrected chi connectivity index (χ3v) is 5.58. The molecule has 98 valence electrons. The Bertz CT molecular complexity index is 254. The summed E-state index contributed by atoms with van der Waals surface area (Å²) in [6, 6.07) is 0.731. The Kier molecular flexibility index (Phi) is 3.45. The molecule has 0 saturated heterocycles. The highest BCUT2D eigenvalue weighted by atomic mass is 16.5. The Morgan fingerprint density at radius 1 is 1.00 bits per heavy atom. The zero-order valence-electron chi connectivity index (χ0n) is 11.2. The molecule has 17 heavy (non-hydrogen) atoms. The van der Waals surface area contributed by atoms with Crippen LogP contribution in [0, 0.1) is 5.41 Å². The summed E-state index contributed by atoms with van der Waals surface area (Å²) in [6.07, 6.45) is 14.9. The summed E-state index contributed by atoms with van der Waals surface area (Å²) in [4.78, 5) is 0.